The van der Waals surface area contributed by atoms with Crippen LogP contribution in [0.2, 0.25) is 0 Å². The van der Waals surface area contributed by atoms with Crippen molar-refractivity contribution >= 4 is 57.3 Å². The van der Waals surface area contributed by atoms with Crippen molar-refractivity contribution in [3.05, 3.63) is 41.5 Å². The highest BCUT2D eigenvalue weighted by atomic mass is 32.2. The molecule has 122 valence electrons. The summed E-state index contributed by atoms with van der Waals surface area (Å²) in [6.45, 7) is 0. The molecule has 5 nitrogen and oxygen atoms in total. The Morgan fingerprint density at radius 1 is 1.21 bits per heavy atom. The molecule has 0 spiro atoms. The molecular weight excluding hydrogens is 343 g/mol. The maximum atomic E-state index is 12.2. The topological polar surface area (TPSA) is 75.3 Å². The number of rotatable bonds is 3. The molecule has 1 aromatic heterocycles. The minimum absolute atomic E-state index is 0.288. The monoisotopic (exact) mass is 358 g/mol. The summed E-state index contributed by atoms with van der Waals surface area (Å²) in [6, 6.07) is 6.36. The molecule has 1 aliphatic carbocycles. The first-order chi connectivity index (χ1) is 11.3. The summed E-state index contributed by atoms with van der Waals surface area (Å²) in [5.74, 6) is 0. The third kappa shape index (κ3) is 3.54. The van der Waals surface area contributed by atoms with Gasteiger partial charge in [-0.3, -0.25) is 5.32 Å². The summed E-state index contributed by atoms with van der Waals surface area (Å²) in [5.41, 5.74) is 2.78. The van der Waals surface area contributed by atoms with Gasteiger partial charge >= 0.3 is 6.03 Å². The van der Waals surface area contributed by atoms with Gasteiger partial charge in [0.05, 0.1) is 0 Å². The molecule has 0 unspecified atom stereocenters. The average Bonchev–Trinajstić information content (AvgIpc) is 2.89. The standard InChI is InChI=1S/C16H15BN2O3S2/c1-24(21,22)15-13-5-3-2-4-12(13)14(23-15)19-16(20)18-11-8-6-10(17)7-9-11/h3,5-9H,2,4H2,1H3,(H2,18,19,20). The second kappa shape index (κ2) is 6.45. The lowest BCUT2D eigenvalue weighted by Crippen LogP contribution is -2.20. The van der Waals surface area contributed by atoms with E-state index >= 15 is 0 Å². The Bertz CT molecular complexity index is 916. The predicted molar refractivity (Wildman–Crippen MR) is 99.3 cm³/mol. The fraction of sp³-hybridized carbons (Fsp3) is 0.188. The van der Waals surface area contributed by atoms with E-state index in [9.17, 15) is 13.2 Å². The highest BCUT2D eigenvalue weighted by molar-refractivity contribution is 7.93. The second-order valence-corrected chi connectivity index (χ2v) is 8.76. The van der Waals surface area contributed by atoms with E-state index in [2.05, 4.69) is 10.6 Å². The number of amides is 2. The molecule has 2 amide bonds. The third-order valence-electron chi connectivity index (χ3n) is 3.59. The minimum atomic E-state index is -3.34. The van der Waals surface area contributed by atoms with E-state index in [0.29, 0.717) is 28.1 Å². The van der Waals surface area contributed by atoms with Crippen LogP contribution in [-0.2, 0) is 16.3 Å². The molecule has 1 aliphatic rings. The summed E-state index contributed by atoms with van der Waals surface area (Å²) in [5, 5.41) is 6.04. The van der Waals surface area contributed by atoms with Crippen LogP contribution in [0.15, 0.2) is 34.6 Å². The van der Waals surface area contributed by atoms with Gasteiger partial charge in [0.15, 0.2) is 9.84 Å². The van der Waals surface area contributed by atoms with E-state index in [-0.39, 0.29) is 4.21 Å². The van der Waals surface area contributed by atoms with Gasteiger partial charge in [-0.1, -0.05) is 29.7 Å². The molecule has 1 heterocycles. The van der Waals surface area contributed by atoms with Gasteiger partial charge < -0.3 is 5.32 Å². The lowest BCUT2D eigenvalue weighted by Gasteiger charge is -2.10. The van der Waals surface area contributed by atoms with Gasteiger partial charge in [0, 0.05) is 17.5 Å². The van der Waals surface area contributed by atoms with Gasteiger partial charge in [0.1, 0.15) is 17.1 Å². The number of sulfone groups is 1. The van der Waals surface area contributed by atoms with Crippen molar-refractivity contribution in [3.63, 3.8) is 0 Å². The summed E-state index contributed by atoms with van der Waals surface area (Å²) in [6.07, 6.45) is 6.47. The maximum Gasteiger partial charge on any atom is 0.324 e. The molecular formula is C16H15BN2O3S2. The molecule has 0 saturated carbocycles. The van der Waals surface area contributed by atoms with Crippen LogP contribution in [-0.4, -0.2) is 28.6 Å². The maximum absolute atomic E-state index is 12.2. The van der Waals surface area contributed by atoms with Gasteiger partial charge in [0.25, 0.3) is 0 Å². The van der Waals surface area contributed by atoms with E-state index in [0.717, 1.165) is 23.3 Å². The fourth-order valence-electron chi connectivity index (χ4n) is 2.51. The second-order valence-electron chi connectivity index (χ2n) is 5.53. The normalized spacial score (nSPS) is 13.4. The first kappa shape index (κ1) is 16.8. The van der Waals surface area contributed by atoms with E-state index in [4.69, 9.17) is 7.85 Å². The Morgan fingerprint density at radius 3 is 2.58 bits per heavy atom. The molecule has 0 saturated heterocycles. The van der Waals surface area contributed by atoms with E-state index in [1.165, 1.54) is 6.26 Å². The van der Waals surface area contributed by atoms with Crippen molar-refractivity contribution in [1.82, 2.24) is 0 Å². The highest BCUT2D eigenvalue weighted by Crippen LogP contribution is 2.40. The van der Waals surface area contributed by atoms with Crippen LogP contribution in [0.25, 0.3) is 6.08 Å². The quantitative estimate of drug-likeness (QED) is 0.828. The lowest BCUT2D eigenvalue weighted by molar-refractivity contribution is 0.262. The SMILES string of the molecule is [B]c1ccc(NC(=O)Nc2sc(S(C)(=O)=O)c3c2CCC=C3)cc1. The number of thiophene rings is 1. The Kier molecular flexibility index (Phi) is 4.51. The van der Waals surface area contributed by atoms with E-state index < -0.39 is 15.9 Å². The zero-order chi connectivity index (χ0) is 17.3. The molecule has 8 heteroatoms. The Hall–Kier alpha value is -2.06. The first-order valence-corrected chi connectivity index (χ1v) is 10.0. The van der Waals surface area contributed by atoms with Crippen LogP contribution < -0.4 is 16.1 Å². The zero-order valence-corrected chi connectivity index (χ0v) is 14.6. The van der Waals surface area contributed by atoms with Crippen molar-refractivity contribution in [1.29, 1.82) is 0 Å². The third-order valence-corrected chi connectivity index (χ3v) is 6.60. The molecule has 3 rings (SSSR count). The number of fused-ring (bicyclic) bond motifs is 1. The van der Waals surface area contributed by atoms with Gasteiger partial charge in [-0.2, -0.15) is 0 Å². The number of nitrogens with one attached hydrogen (secondary N) is 2. The summed E-state index contributed by atoms with van der Waals surface area (Å²) < 4.78 is 24.2. The van der Waals surface area contributed by atoms with Gasteiger partial charge in [-0.05, 0) is 30.5 Å². The molecule has 0 fully saturated rings. The average molecular weight is 358 g/mol. The fourth-order valence-corrected chi connectivity index (χ4v) is 4.92. The van der Waals surface area contributed by atoms with Crippen LogP contribution in [0.4, 0.5) is 15.5 Å². The number of allylic oxidation sites excluding steroid dienone is 1. The summed E-state index contributed by atoms with van der Waals surface area (Å²) in [4.78, 5) is 12.2. The van der Waals surface area contributed by atoms with Crippen LogP contribution in [0.5, 0.6) is 0 Å². The summed E-state index contributed by atoms with van der Waals surface area (Å²) in [7, 11) is 2.27. The van der Waals surface area contributed by atoms with Crippen molar-refractivity contribution in [2.45, 2.75) is 17.1 Å². The largest absolute Gasteiger partial charge is 0.324 e. The molecule has 0 aliphatic heterocycles. The minimum Gasteiger partial charge on any atom is -0.308 e. The predicted octanol–water partition coefficient (Wildman–Crippen LogP) is 2.55. The Balaban J connectivity index is 1.85. The van der Waals surface area contributed by atoms with Gasteiger partial charge in [-0.15, -0.1) is 11.3 Å². The van der Waals surface area contributed by atoms with Crippen LogP contribution in [0, 0.1) is 0 Å². The van der Waals surface area contributed by atoms with Crippen LogP contribution >= 0.6 is 11.3 Å². The number of carbonyl (C=O) groups excluding carboxylic acids is 1. The Labute approximate surface area is 146 Å². The van der Waals surface area contributed by atoms with Crippen molar-refractivity contribution in [2.24, 2.45) is 0 Å². The molecule has 2 aromatic rings. The smallest absolute Gasteiger partial charge is 0.308 e. The molecule has 24 heavy (non-hydrogen) atoms. The van der Waals surface area contributed by atoms with Gasteiger partial charge in [0.2, 0.25) is 0 Å². The molecule has 0 atom stereocenters. The number of carbonyl (C=O) groups is 1. The van der Waals surface area contributed by atoms with Crippen molar-refractivity contribution < 1.29 is 13.2 Å². The zero-order valence-electron chi connectivity index (χ0n) is 13.0. The number of urea groups is 1. The molecule has 2 N–H and O–H groups in total. The van der Waals surface area contributed by atoms with Crippen molar-refractivity contribution in [3.8, 4) is 0 Å². The first-order valence-electron chi connectivity index (χ1n) is 7.30. The highest BCUT2D eigenvalue weighted by Gasteiger charge is 2.24. The van der Waals surface area contributed by atoms with Crippen LogP contribution in [0.3, 0.4) is 0 Å². The van der Waals surface area contributed by atoms with E-state index in [1.54, 1.807) is 24.3 Å². The number of hydrogen-bond donors (Lipinski definition) is 2. The number of anilines is 2. The van der Waals surface area contributed by atoms with Crippen molar-refractivity contribution in [2.75, 3.05) is 16.9 Å². The lowest BCUT2D eigenvalue weighted by atomic mass is 9.96. The number of hydrogen-bond acceptors (Lipinski definition) is 4. The summed E-state index contributed by atoms with van der Waals surface area (Å²) >= 11 is 1.09. The Morgan fingerprint density at radius 2 is 1.92 bits per heavy atom. The molecule has 0 bridgehead atoms. The van der Waals surface area contributed by atoms with E-state index in [1.807, 2.05) is 12.2 Å². The van der Waals surface area contributed by atoms with Gasteiger partial charge in [-0.25, -0.2) is 13.2 Å². The number of benzene rings is 1. The molecule has 1 aromatic carbocycles. The molecule has 2 radical (unpaired) electrons. The van der Waals surface area contributed by atoms with Crippen LogP contribution in [0.1, 0.15) is 17.5 Å².